The monoisotopic (exact) mass is 265 g/mol. The lowest BCUT2D eigenvalue weighted by Gasteiger charge is -2.26. The largest absolute Gasteiger partial charge is 0.397 e. The summed E-state index contributed by atoms with van der Waals surface area (Å²) in [6.45, 7) is 1.87. The smallest absolute Gasteiger partial charge is 0.152 e. The van der Waals surface area contributed by atoms with Crippen molar-refractivity contribution in [1.29, 1.82) is 5.26 Å². The molecule has 0 radical (unpaired) electrons. The summed E-state index contributed by atoms with van der Waals surface area (Å²) in [5, 5.41) is 11.9. The van der Waals surface area contributed by atoms with Gasteiger partial charge in [0, 0.05) is 5.54 Å². The molecule has 1 fully saturated rings. The third-order valence-electron chi connectivity index (χ3n) is 3.12. The van der Waals surface area contributed by atoms with Crippen LogP contribution in [0.3, 0.4) is 0 Å². The van der Waals surface area contributed by atoms with Gasteiger partial charge in [-0.15, -0.1) is 0 Å². The maximum atomic E-state index is 11.5. The van der Waals surface area contributed by atoms with Crippen LogP contribution < -0.4 is 11.1 Å². The van der Waals surface area contributed by atoms with Gasteiger partial charge in [-0.3, -0.25) is 0 Å². The molecule has 0 bridgehead atoms. The van der Waals surface area contributed by atoms with Gasteiger partial charge in [-0.05, 0) is 31.5 Å². The number of nitriles is 1. The van der Waals surface area contributed by atoms with Crippen molar-refractivity contribution in [3.8, 4) is 6.07 Å². The van der Waals surface area contributed by atoms with E-state index >= 15 is 0 Å². The van der Waals surface area contributed by atoms with E-state index in [1.807, 2.05) is 13.0 Å². The Morgan fingerprint density at radius 2 is 2.22 bits per heavy atom. The van der Waals surface area contributed by atoms with Crippen LogP contribution in [0.5, 0.6) is 0 Å². The molecule has 1 heterocycles. The lowest BCUT2D eigenvalue weighted by atomic mass is 10.0. The highest BCUT2D eigenvalue weighted by molar-refractivity contribution is 7.91. The second-order valence-corrected chi connectivity index (χ2v) is 7.13. The van der Waals surface area contributed by atoms with Gasteiger partial charge in [0.2, 0.25) is 0 Å². The van der Waals surface area contributed by atoms with Crippen molar-refractivity contribution in [1.82, 2.24) is 0 Å². The maximum Gasteiger partial charge on any atom is 0.152 e. The van der Waals surface area contributed by atoms with Crippen LogP contribution in [-0.2, 0) is 9.84 Å². The number of sulfone groups is 1. The molecule has 0 aliphatic carbocycles. The van der Waals surface area contributed by atoms with Crippen molar-refractivity contribution in [2.75, 3.05) is 22.6 Å². The van der Waals surface area contributed by atoms with E-state index in [9.17, 15) is 8.42 Å². The normalized spacial score (nSPS) is 25.6. The molecule has 2 rings (SSSR count). The molecule has 1 atom stereocenters. The zero-order valence-electron chi connectivity index (χ0n) is 10.1. The highest BCUT2D eigenvalue weighted by Crippen LogP contribution is 2.30. The molecule has 1 aliphatic heterocycles. The van der Waals surface area contributed by atoms with Crippen molar-refractivity contribution in [3.63, 3.8) is 0 Å². The Bertz CT molecular complexity index is 619. The molecule has 18 heavy (non-hydrogen) atoms. The minimum Gasteiger partial charge on any atom is -0.397 e. The number of nitrogens with two attached hydrogens (primary N) is 1. The Kier molecular flexibility index (Phi) is 2.95. The molecule has 0 aromatic heterocycles. The minimum atomic E-state index is -2.96. The molecular formula is C12H15N3O2S. The van der Waals surface area contributed by atoms with Crippen LogP contribution in [0, 0.1) is 11.3 Å². The van der Waals surface area contributed by atoms with E-state index in [0.717, 1.165) is 0 Å². The Balaban J connectivity index is 2.23. The number of hydrogen-bond acceptors (Lipinski definition) is 5. The summed E-state index contributed by atoms with van der Waals surface area (Å²) >= 11 is 0. The van der Waals surface area contributed by atoms with Gasteiger partial charge in [0.25, 0.3) is 0 Å². The molecule has 1 aromatic rings. The predicted molar refractivity (Wildman–Crippen MR) is 70.9 cm³/mol. The molecule has 6 heteroatoms. The SMILES string of the molecule is CC1(Nc2ccc(C#N)cc2N)CCS(=O)(=O)C1. The number of hydrogen-bond donors (Lipinski definition) is 2. The van der Waals surface area contributed by atoms with Gasteiger partial charge < -0.3 is 11.1 Å². The fraction of sp³-hybridized carbons (Fsp3) is 0.417. The van der Waals surface area contributed by atoms with Crippen LogP contribution in [0.25, 0.3) is 0 Å². The Morgan fingerprint density at radius 1 is 1.50 bits per heavy atom. The lowest BCUT2D eigenvalue weighted by molar-refractivity contribution is 0.574. The van der Waals surface area contributed by atoms with Gasteiger partial charge >= 0.3 is 0 Å². The first kappa shape index (κ1) is 12.7. The van der Waals surface area contributed by atoms with Gasteiger partial charge in [-0.25, -0.2) is 8.42 Å². The van der Waals surface area contributed by atoms with E-state index in [4.69, 9.17) is 11.0 Å². The molecule has 0 amide bonds. The number of nitrogen functional groups attached to an aromatic ring is 1. The Morgan fingerprint density at radius 3 is 2.72 bits per heavy atom. The molecule has 1 aliphatic rings. The van der Waals surface area contributed by atoms with Crippen molar-refractivity contribution in [2.24, 2.45) is 0 Å². The van der Waals surface area contributed by atoms with Crippen LogP contribution in [0.1, 0.15) is 18.9 Å². The first-order chi connectivity index (χ1) is 8.34. The highest BCUT2D eigenvalue weighted by Gasteiger charge is 2.38. The number of benzene rings is 1. The topological polar surface area (TPSA) is 96.0 Å². The molecule has 0 saturated carbocycles. The number of nitrogens with one attached hydrogen (secondary N) is 1. The first-order valence-corrected chi connectivity index (χ1v) is 7.44. The van der Waals surface area contributed by atoms with Gasteiger partial charge in [0.15, 0.2) is 9.84 Å². The maximum absolute atomic E-state index is 11.5. The first-order valence-electron chi connectivity index (χ1n) is 5.62. The van der Waals surface area contributed by atoms with Crippen LogP contribution in [0.15, 0.2) is 18.2 Å². The quantitative estimate of drug-likeness (QED) is 0.781. The molecule has 1 unspecified atom stereocenters. The van der Waals surface area contributed by atoms with E-state index in [-0.39, 0.29) is 11.5 Å². The summed E-state index contributed by atoms with van der Waals surface area (Å²) in [4.78, 5) is 0. The van der Waals surface area contributed by atoms with E-state index in [2.05, 4.69) is 5.32 Å². The summed E-state index contributed by atoms with van der Waals surface area (Å²) in [7, 11) is -2.96. The average molecular weight is 265 g/mol. The van der Waals surface area contributed by atoms with Crippen LogP contribution in [-0.4, -0.2) is 25.5 Å². The van der Waals surface area contributed by atoms with Crippen molar-refractivity contribution in [2.45, 2.75) is 18.9 Å². The summed E-state index contributed by atoms with van der Waals surface area (Å²) in [5.74, 6) is 0.312. The summed E-state index contributed by atoms with van der Waals surface area (Å²) in [6, 6.07) is 6.96. The standard InChI is InChI=1S/C12H15N3O2S/c1-12(4-5-18(16,17)8-12)15-11-3-2-9(7-13)6-10(11)14/h2-3,6,15H,4-5,8,14H2,1H3. The second kappa shape index (κ2) is 4.18. The van der Waals surface area contributed by atoms with E-state index in [1.54, 1.807) is 18.2 Å². The second-order valence-electron chi connectivity index (χ2n) is 4.94. The zero-order valence-corrected chi connectivity index (χ0v) is 10.9. The Hall–Kier alpha value is -1.74. The minimum absolute atomic E-state index is 0.111. The molecular weight excluding hydrogens is 250 g/mol. The van der Waals surface area contributed by atoms with E-state index in [0.29, 0.717) is 23.4 Å². The molecule has 5 nitrogen and oxygen atoms in total. The predicted octanol–water partition coefficient (Wildman–Crippen LogP) is 1.13. The molecule has 1 saturated heterocycles. The third kappa shape index (κ3) is 2.57. The number of nitrogens with zero attached hydrogens (tertiary/aromatic N) is 1. The highest BCUT2D eigenvalue weighted by atomic mass is 32.2. The van der Waals surface area contributed by atoms with Crippen molar-refractivity contribution < 1.29 is 8.42 Å². The van der Waals surface area contributed by atoms with E-state index in [1.165, 1.54) is 0 Å². The van der Waals surface area contributed by atoms with Crippen LogP contribution >= 0.6 is 0 Å². The molecule has 3 N–H and O–H groups in total. The van der Waals surface area contributed by atoms with Crippen LogP contribution in [0.2, 0.25) is 0 Å². The summed E-state index contributed by atoms with van der Waals surface area (Å²) in [5.41, 5.74) is 6.97. The molecule has 1 aromatic carbocycles. The number of anilines is 2. The van der Waals surface area contributed by atoms with Gasteiger partial charge in [-0.2, -0.15) is 5.26 Å². The third-order valence-corrected chi connectivity index (χ3v) is 5.02. The summed E-state index contributed by atoms with van der Waals surface area (Å²) < 4.78 is 23.0. The van der Waals surface area contributed by atoms with Gasteiger partial charge in [0.1, 0.15) is 0 Å². The van der Waals surface area contributed by atoms with Gasteiger partial charge in [0.05, 0.1) is 34.5 Å². The molecule has 0 spiro atoms. The van der Waals surface area contributed by atoms with E-state index < -0.39 is 15.4 Å². The van der Waals surface area contributed by atoms with Crippen molar-refractivity contribution >= 4 is 21.2 Å². The summed E-state index contributed by atoms with van der Waals surface area (Å²) in [6.07, 6.45) is 0.564. The van der Waals surface area contributed by atoms with Gasteiger partial charge in [-0.1, -0.05) is 0 Å². The number of rotatable bonds is 2. The van der Waals surface area contributed by atoms with Crippen LogP contribution in [0.4, 0.5) is 11.4 Å². The van der Waals surface area contributed by atoms with Crippen molar-refractivity contribution in [3.05, 3.63) is 23.8 Å². The fourth-order valence-corrected chi connectivity index (χ4v) is 4.27. The fourth-order valence-electron chi connectivity index (χ4n) is 2.18. The average Bonchev–Trinajstić information content (AvgIpc) is 2.56. The zero-order chi connectivity index (χ0) is 13.4. The molecule has 96 valence electrons. The lowest BCUT2D eigenvalue weighted by Crippen LogP contribution is -2.36. The Labute approximate surface area is 107 Å².